The van der Waals surface area contributed by atoms with Crippen LogP contribution in [0.15, 0.2) is 84.9 Å². The molecular formula is C28H23F2N5O. The Bertz CT molecular complexity index is 1510. The molecule has 0 aliphatic heterocycles. The maximum atomic E-state index is 13.4. The third-order valence-corrected chi connectivity index (χ3v) is 5.74. The summed E-state index contributed by atoms with van der Waals surface area (Å²) in [5.74, 6) is 1.18. The van der Waals surface area contributed by atoms with E-state index in [2.05, 4.69) is 20.3 Å². The number of pyridine rings is 1. The molecule has 5 rings (SSSR count). The van der Waals surface area contributed by atoms with Gasteiger partial charge in [0.1, 0.15) is 23.8 Å². The Kier molecular flexibility index (Phi) is 6.40. The first-order chi connectivity index (χ1) is 17.5. The van der Waals surface area contributed by atoms with Gasteiger partial charge in [0.05, 0.1) is 11.7 Å². The minimum absolute atomic E-state index is 0.207. The zero-order valence-corrected chi connectivity index (χ0v) is 19.5. The van der Waals surface area contributed by atoms with Crippen molar-refractivity contribution >= 4 is 22.7 Å². The minimum atomic E-state index is -0.544. The van der Waals surface area contributed by atoms with Crippen LogP contribution in [-0.2, 0) is 6.67 Å². The van der Waals surface area contributed by atoms with E-state index in [4.69, 9.17) is 10.5 Å². The molecule has 5 aromatic rings. The van der Waals surface area contributed by atoms with Crippen molar-refractivity contribution in [1.29, 1.82) is 0 Å². The lowest BCUT2D eigenvalue weighted by atomic mass is 10.1. The second kappa shape index (κ2) is 9.95. The quantitative estimate of drug-likeness (QED) is 0.263. The highest BCUT2D eigenvalue weighted by Crippen LogP contribution is 2.31. The van der Waals surface area contributed by atoms with E-state index in [1.54, 1.807) is 54.6 Å². The number of hydrogen-bond donors (Lipinski definition) is 2. The van der Waals surface area contributed by atoms with Crippen LogP contribution in [0.25, 0.3) is 22.2 Å². The van der Waals surface area contributed by atoms with Gasteiger partial charge in [0.25, 0.3) is 0 Å². The molecule has 3 aromatic carbocycles. The van der Waals surface area contributed by atoms with Crippen molar-refractivity contribution in [1.82, 2.24) is 15.0 Å². The molecule has 0 amide bonds. The van der Waals surface area contributed by atoms with Crippen LogP contribution in [0.1, 0.15) is 24.1 Å². The predicted octanol–water partition coefficient (Wildman–Crippen LogP) is 6.85. The number of ether oxygens (including phenoxy) is 1. The molecule has 3 N–H and O–H groups in total. The van der Waals surface area contributed by atoms with Gasteiger partial charge in [-0.15, -0.1) is 0 Å². The molecule has 0 bridgehead atoms. The van der Waals surface area contributed by atoms with Gasteiger partial charge in [-0.1, -0.05) is 48.5 Å². The number of fused-ring (bicyclic) bond motifs is 1. The Morgan fingerprint density at radius 3 is 2.44 bits per heavy atom. The first-order valence-corrected chi connectivity index (χ1v) is 11.4. The second-order valence-electron chi connectivity index (χ2n) is 8.33. The van der Waals surface area contributed by atoms with E-state index in [9.17, 15) is 8.78 Å². The number of aromatic nitrogens is 3. The van der Waals surface area contributed by atoms with Gasteiger partial charge in [0.15, 0.2) is 5.75 Å². The summed E-state index contributed by atoms with van der Waals surface area (Å²) >= 11 is 0. The molecule has 0 aliphatic rings. The second-order valence-corrected chi connectivity index (χ2v) is 8.33. The van der Waals surface area contributed by atoms with Crippen molar-refractivity contribution in [3.63, 3.8) is 0 Å². The number of nitrogen functional groups attached to an aromatic ring is 1. The van der Waals surface area contributed by atoms with Crippen LogP contribution in [0.3, 0.4) is 0 Å². The zero-order valence-electron chi connectivity index (χ0n) is 19.5. The molecule has 0 fully saturated rings. The fourth-order valence-corrected chi connectivity index (χ4v) is 3.81. The van der Waals surface area contributed by atoms with E-state index < -0.39 is 6.67 Å². The van der Waals surface area contributed by atoms with Crippen LogP contribution in [0.2, 0.25) is 0 Å². The average Bonchev–Trinajstić information content (AvgIpc) is 2.89. The van der Waals surface area contributed by atoms with Crippen molar-refractivity contribution in [3.05, 3.63) is 102 Å². The summed E-state index contributed by atoms with van der Waals surface area (Å²) in [6.07, 6.45) is 0. The van der Waals surface area contributed by atoms with Crippen molar-refractivity contribution in [2.45, 2.75) is 19.6 Å². The highest BCUT2D eigenvalue weighted by Gasteiger charge is 2.14. The Hall–Kier alpha value is -4.59. The number of rotatable bonds is 7. The molecule has 1 atom stereocenters. The highest BCUT2D eigenvalue weighted by atomic mass is 19.1. The molecular weight excluding hydrogens is 460 g/mol. The van der Waals surface area contributed by atoms with E-state index in [-0.39, 0.29) is 11.9 Å². The van der Waals surface area contributed by atoms with Crippen molar-refractivity contribution in [2.24, 2.45) is 0 Å². The number of para-hydroxylation sites is 1. The molecule has 0 saturated carbocycles. The molecule has 1 unspecified atom stereocenters. The number of nitrogens with zero attached hydrogens (tertiary/aromatic N) is 3. The number of alkyl halides is 1. The van der Waals surface area contributed by atoms with Crippen molar-refractivity contribution in [3.8, 4) is 22.9 Å². The van der Waals surface area contributed by atoms with E-state index in [1.807, 2.05) is 25.1 Å². The Labute approximate surface area is 206 Å². The number of nitrogens with two attached hydrogens (primary N) is 1. The van der Waals surface area contributed by atoms with E-state index in [1.165, 1.54) is 12.1 Å². The number of halogens is 2. The first-order valence-electron chi connectivity index (χ1n) is 11.4. The van der Waals surface area contributed by atoms with E-state index in [0.29, 0.717) is 40.2 Å². The lowest BCUT2D eigenvalue weighted by molar-refractivity contribution is 0.466. The average molecular weight is 484 g/mol. The van der Waals surface area contributed by atoms with Crippen LogP contribution in [0.5, 0.6) is 11.6 Å². The molecule has 180 valence electrons. The van der Waals surface area contributed by atoms with Gasteiger partial charge in [-0.05, 0) is 48.4 Å². The van der Waals surface area contributed by atoms with Crippen molar-refractivity contribution < 1.29 is 13.5 Å². The number of anilines is 2. The van der Waals surface area contributed by atoms with Crippen LogP contribution in [-0.4, -0.2) is 15.0 Å². The van der Waals surface area contributed by atoms with Gasteiger partial charge in [-0.25, -0.2) is 18.7 Å². The largest absolute Gasteiger partial charge is 0.437 e. The fourth-order valence-electron chi connectivity index (χ4n) is 3.81. The molecule has 0 saturated heterocycles. The summed E-state index contributed by atoms with van der Waals surface area (Å²) in [5.41, 5.74) is 9.32. The van der Waals surface area contributed by atoms with Gasteiger partial charge in [0.2, 0.25) is 11.8 Å². The van der Waals surface area contributed by atoms with Crippen LogP contribution < -0.4 is 15.8 Å². The zero-order chi connectivity index (χ0) is 25.1. The summed E-state index contributed by atoms with van der Waals surface area (Å²) in [7, 11) is 0. The number of hydrogen-bond acceptors (Lipinski definition) is 6. The monoisotopic (exact) mass is 483 g/mol. The lowest BCUT2D eigenvalue weighted by Gasteiger charge is -2.16. The molecule has 2 heterocycles. The Morgan fingerprint density at radius 1 is 0.917 bits per heavy atom. The van der Waals surface area contributed by atoms with Gasteiger partial charge in [-0.2, -0.15) is 4.98 Å². The summed E-state index contributed by atoms with van der Waals surface area (Å²) in [4.78, 5) is 13.6. The Balaban J connectivity index is 1.53. The smallest absolute Gasteiger partial charge is 0.227 e. The molecule has 36 heavy (non-hydrogen) atoms. The highest BCUT2D eigenvalue weighted by molar-refractivity contribution is 5.86. The molecule has 0 radical (unpaired) electrons. The van der Waals surface area contributed by atoms with Crippen LogP contribution in [0, 0.1) is 5.82 Å². The summed E-state index contributed by atoms with van der Waals surface area (Å²) in [6.45, 7) is 1.38. The third kappa shape index (κ3) is 5.07. The lowest BCUT2D eigenvalue weighted by Crippen LogP contribution is -2.10. The summed E-state index contributed by atoms with van der Waals surface area (Å²) in [6, 6.07) is 23.9. The maximum absolute atomic E-state index is 13.4. The number of benzene rings is 3. The van der Waals surface area contributed by atoms with Gasteiger partial charge >= 0.3 is 0 Å². The van der Waals surface area contributed by atoms with E-state index >= 15 is 0 Å². The summed E-state index contributed by atoms with van der Waals surface area (Å²) < 4.78 is 32.6. The normalized spacial score (nSPS) is 11.9. The third-order valence-electron chi connectivity index (χ3n) is 5.74. The molecule has 6 nitrogen and oxygen atoms in total. The van der Waals surface area contributed by atoms with E-state index in [0.717, 1.165) is 16.5 Å². The van der Waals surface area contributed by atoms with Gasteiger partial charge in [-0.3, -0.25) is 0 Å². The standard InChI is InChI=1S/C28H23F2N5O/c1-17(19-9-12-22(30)13-10-19)32-28-33-23(20-7-5-18(16-29)6-8-20)15-26(35-28)36-24-4-2-3-21-11-14-25(31)34-27(21)24/h2-15,17H,16H2,1H3,(H2,31,34)(H,32,33,35). The fraction of sp³-hybridized carbons (Fsp3) is 0.107. The van der Waals surface area contributed by atoms with Gasteiger partial charge < -0.3 is 15.8 Å². The minimum Gasteiger partial charge on any atom is -0.437 e. The molecule has 8 heteroatoms. The SMILES string of the molecule is CC(Nc1nc(Oc2cccc3ccc(N)nc23)cc(-c2ccc(CF)cc2)n1)c1ccc(F)cc1. The molecule has 2 aromatic heterocycles. The van der Waals surface area contributed by atoms with Crippen LogP contribution >= 0.6 is 0 Å². The predicted molar refractivity (Wildman–Crippen MR) is 137 cm³/mol. The maximum Gasteiger partial charge on any atom is 0.227 e. The topological polar surface area (TPSA) is 86.0 Å². The summed E-state index contributed by atoms with van der Waals surface area (Å²) in [5, 5.41) is 4.14. The molecule has 0 spiro atoms. The van der Waals surface area contributed by atoms with Gasteiger partial charge in [0, 0.05) is 17.0 Å². The Morgan fingerprint density at radius 2 is 1.69 bits per heavy atom. The van der Waals surface area contributed by atoms with Crippen molar-refractivity contribution in [2.75, 3.05) is 11.1 Å². The van der Waals surface area contributed by atoms with Crippen LogP contribution in [0.4, 0.5) is 20.5 Å². The number of nitrogens with one attached hydrogen (secondary N) is 1. The molecule has 0 aliphatic carbocycles. The first kappa shape index (κ1) is 23.2.